The molecule has 0 aliphatic carbocycles. The topological polar surface area (TPSA) is 36.5 Å². The van der Waals surface area contributed by atoms with E-state index in [-0.39, 0.29) is 11.0 Å². The highest BCUT2D eigenvalue weighted by Gasteiger charge is 2.18. The van der Waals surface area contributed by atoms with Gasteiger partial charge in [0.15, 0.2) is 0 Å². The summed E-state index contributed by atoms with van der Waals surface area (Å²) in [7, 11) is 1.99. The van der Waals surface area contributed by atoms with Crippen molar-refractivity contribution in [2.45, 2.75) is 52.5 Å². The summed E-state index contributed by atoms with van der Waals surface area (Å²) in [5.41, 5.74) is 7.79. The number of hydrogen-bond acceptors (Lipinski definition) is 4. The van der Waals surface area contributed by atoms with Crippen LogP contribution < -0.4 is 20.3 Å². The maximum Gasteiger partial charge on any atom is 0.129 e. The van der Waals surface area contributed by atoms with Crippen LogP contribution in [-0.2, 0) is 11.0 Å². The molecule has 4 heteroatoms. The summed E-state index contributed by atoms with van der Waals surface area (Å²) < 4.78 is 6.02. The minimum atomic E-state index is -0.112. The second-order valence-corrected chi connectivity index (χ2v) is 11.5. The molecule has 0 saturated carbocycles. The van der Waals surface area contributed by atoms with E-state index in [9.17, 15) is 0 Å². The van der Waals surface area contributed by atoms with Crippen LogP contribution in [0.15, 0.2) is 110 Å². The van der Waals surface area contributed by atoms with Gasteiger partial charge >= 0.3 is 0 Å². The Bertz CT molecular complexity index is 1400. The predicted octanol–water partition coefficient (Wildman–Crippen LogP) is 9.18. The second kappa shape index (κ2) is 11.8. The molecule has 202 valence electrons. The van der Waals surface area contributed by atoms with Gasteiger partial charge in [-0.15, -0.1) is 0 Å². The van der Waals surface area contributed by atoms with Crippen LogP contribution >= 0.6 is 0 Å². The molecule has 0 bridgehead atoms. The molecule has 0 atom stereocenters. The van der Waals surface area contributed by atoms with Crippen molar-refractivity contribution in [1.29, 1.82) is 0 Å². The number of nitrogens with one attached hydrogen (secondary N) is 2. The Morgan fingerprint density at radius 1 is 0.692 bits per heavy atom. The van der Waals surface area contributed by atoms with E-state index >= 15 is 0 Å². The van der Waals surface area contributed by atoms with Crippen LogP contribution in [0.1, 0.15) is 51.3 Å². The highest BCUT2D eigenvalue weighted by Crippen LogP contribution is 2.32. The molecule has 0 heterocycles. The fraction of sp³-hybridized carbons (Fsp3) is 0.257. The maximum atomic E-state index is 6.02. The van der Waals surface area contributed by atoms with Gasteiger partial charge in [0.2, 0.25) is 0 Å². The van der Waals surface area contributed by atoms with Crippen molar-refractivity contribution in [1.82, 2.24) is 5.32 Å². The first-order chi connectivity index (χ1) is 18.6. The van der Waals surface area contributed by atoms with Gasteiger partial charge in [0, 0.05) is 34.5 Å². The van der Waals surface area contributed by atoms with Crippen molar-refractivity contribution >= 4 is 22.7 Å². The lowest BCUT2D eigenvalue weighted by Crippen LogP contribution is -2.33. The van der Waals surface area contributed by atoms with Gasteiger partial charge in [-0.3, -0.25) is 0 Å². The van der Waals surface area contributed by atoms with Crippen LogP contribution in [0.2, 0.25) is 0 Å². The molecule has 0 aliphatic heterocycles. The maximum absolute atomic E-state index is 6.02. The Morgan fingerprint density at radius 3 is 2.00 bits per heavy atom. The minimum absolute atomic E-state index is 0.112. The third-order valence-corrected chi connectivity index (χ3v) is 7.15. The molecular formula is C35H41N3O. The van der Waals surface area contributed by atoms with Crippen molar-refractivity contribution in [2.75, 3.05) is 17.3 Å². The zero-order valence-electron chi connectivity index (χ0n) is 24.2. The molecule has 0 aromatic heterocycles. The number of hydrogen-bond donors (Lipinski definition) is 2. The number of rotatable bonds is 9. The van der Waals surface area contributed by atoms with E-state index in [1.807, 2.05) is 44.4 Å². The smallest absolute Gasteiger partial charge is 0.129 e. The van der Waals surface area contributed by atoms with Gasteiger partial charge in [-0.05, 0) is 98.5 Å². The molecular weight excluding hydrogens is 478 g/mol. The Hall–Kier alpha value is -4.02. The molecule has 0 amide bonds. The number of nitrogens with zero attached hydrogens (tertiary/aromatic N) is 1. The lowest BCUT2D eigenvalue weighted by molar-refractivity contribution is 0.445. The summed E-state index contributed by atoms with van der Waals surface area (Å²) in [5, 5.41) is 6.95. The molecule has 0 aliphatic rings. The number of benzene rings is 4. The Balaban J connectivity index is 1.63. The fourth-order valence-electron chi connectivity index (χ4n) is 4.31. The Morgan fingerprint density at radius 2 is 1.36 bits per heavy atom. The van der Waals surface area contributed by atoms with E-state index in [0.29, 0.717) is 0 Å². The van der Waals surface area contributed by atoms with Crippen LogP contribution in [-0.4, -0.2) is 7.05 Å². The molecule has 39 heavy (non-hydrogen) atoms. The van der Waals surface area contributed by atoms with E-state index < -0.39 is 0 Å². The Labute approximate surface area is 234 Å². The fourth-order valence-corrected chi connectivity index (χ4v) is 4.31. The molecule has 0 spiro atoms. The van der Waals surface area contributed by atoms with Crippen LogP contribution in [0.25, 0.3) is 0 Å². The molecule has 4 rings (SSSR count). The Kier molecular flexibility index (Phi) is 8.47. The van der Waals surface area contributed by atoms with Gasteiger partial charge < -0.3 is 20.3 Å². The highest BCUT2D eigenvalue weighted by atomic mass is 16.5. The molecule has 0 fully saturated rings. The molecule has 4 aromatic carbocycles. The zero-order chi connectivity index (χ0) is 28.0. The third kappa shape index (κ3) is 7.10. The summed E-state index contributed by atoms with van der Waals surface area (Å²) >= 11 is 0. The third-order valence-electron chi connectivity index (χ3n) is 7.15. The van der Waals surface area contributed by atoms with Gasteiger partial charge in [0.1, 0.15) is 12.0 Å². The van der Waals surface area contributed by atoms with E-state index in [4.69, 9.17) is 4.74 Å². The minimum Gasteiger partial charge on any atom is -0.463 e. The number of aryl methyl sites for hydroxylation is 1. The van der Waals surface area contributed by atoms with Crippen LogP contribution in [0.5, 0.6) is 5.75 Å². The lowest BCUT2D eigenvalue weighted by Gasteiger charge is -2.26. The molecule has 0 saturated heterocycles. The summed E-state index contributed by atoms with van der Waals surface area (Å²) in [6.45, 7) is 13.1. The predicted molar refractivity (Wildman–Crippen MR) is 166 cm³/mol. The zero-order valence-corrected chi connectivity index (χ0v) is 24.2. The van der Waals surface area contributed by atoms with Gasteiger partial charge in [-0.1, -0.05) is 69.3 Å². The largest absolute Gasteiger partial charge is 0.463 e. The lowest BCUT2D eigenvalue weighted by atomic mass is 9.87. The van der Waals surface area contributed by atoms with Gasteiger partial charge in [0.05, 0.1) is 0 Å². The second-order valence-electron chi connectivity index (χ2n) is 11.5. The summed E-state index contributed by atoms with van der Waals surface area (Å²) in [6, 6.07) is 33.8. The van der Waals surface area contributed by atoms with Gasteiger partial charge in [0.25, 0.3) is 0 Å². The average molecular weight is 520 g/mol. The van der Waals surface area contributed by atoms with Gasteiger partial charge in [-0.25, -0.2) is 0 Å². The molecule has 4 nitrogen and oxygen atoms in total. The van der Waals surface area contributed by atoms with E-state index in [2.05, 4.69) is 123 Å². The van der Waals surface area contributed by atoms with E-state index in [0.717, 1.165) is 34.1 Å². The number of ether oxygens (including phenoxy) is 1. The first-order valence-electron chi connectivity index (χ1n) is 13.5. The normalized spacial score (nSPS) is 12.0. The highest BCUT2D eigenvalue weighted by molar-refractivity contribution is 5.72. The number of anilines is 4. The molecule has 0 unspecified atom stereocenters. The monoisotopic (exact) mass is 519 g/mol. The van der Waals surface area contributed by atoms with Crippen molar-refractivity contribution in [3.63, 3.8) is 0 Å². The standard InChI is InChI=1S/C35H41N3O/c1-26-11-8-9-14-33(26)39-24-23-38(31-21-17-28(18-22-31)35(5,6)36-7)32-13-10-12-30(25-32)37-29-19-15-27(16-20-29)34(2,3)4/h8-25,36-37H,1-7H3/b24-23+. The van der Waals surface area contributed by atoms with Crippen LogP contribution in [0, 0.1) is 6.92 Å². The van der Waals surface area contributed by atoms with E-state index in [1.54, 1.807) is 6.26 Å². The molecule has 2 N–H and O–H groups in total. The van der Waals surface area contributed by atoms with Crippen molar-refractivity contribution in [3.05, 3.63) is 126 Å². The van der Waals surface area contributed by atoms with Crippen molar-refractivity contribution in [2.24, 2.45) is 0 Å². The van der Waals surface area contributed by atoms with Crippen LogP contribution in [0.3, 0.4) is 0 Å². The number of para-hydroxylation sites is 1. The molecule has 0 radical (unpaired) electrons. The van der Waals surface area contributed by atoms with E-state index in [1.165, 1.54) is 11.1 Å². The quantitative estimate of drug-likeness (QED) is 0.216. The van der Waals surface area contributed by atoms with Gasteiger partial charge in [-0.2, -0.15) is 0 Å². The molecule has 4 aromatic rings. The van der Waals surface area contributed by atoms with Crippen molar-refractivity contribution < 1.29 is 4.74 Å². The first-order valence-corrected chi connectivity index (χ1v) is 13.5. The van der Waals surface area contributed by atoms with Crippen molar-refractivity contribution in [3.8, 4) is 5.75 Å². The van der Waals surface area contributed by atoms with Crippen LogP contribution in [0.4, 0.5) is 22.7 Å². The summed E-state index contributed by atoms with van der Waals surface area (Å²) in [4.78, 5) is 2.14. The summed E-state index contributed by atoms with van der Waals surface area (Å²) in [5.74, 6) is 0.842. The SMILES string of the molecule is CNC(C)(C)c1ccc(N(/C=C/Oc2ccccc2C)c2cccc(Nc3ccc(C(C)(C)C)cc3)c2)cc1. The first kappa shape index (κ1) is 28.0. The average Bonchev–Trinajstić information content (AvgIpc) is 2.92. The summed E-state index contributed by atoms with van der Waals surface area (Å²) in [6.07, 6.45) is 3.72.